The predicted molar refractivity (Wildman–Crippen MR) is 84.3 cm³/mol. The summed E-state index contributed by atoms with van der Waals surface area (Å²) < 4.78 is 1.90. The topological polar surface area (TPSA) is 92.7 Å². The van der Waals surface area contributed by atoms with Gasteiger partial charge in [0, 0.05) is 24.1 Å². The number of H-pyrrole nitrogens is 1. The normalized spacial score (nSPS) is 11.9. The van der Waals surface area contributed by atoms with E-state index in [1.54, 1.807) is 12.5 Å². The molecule has 0 radical (unpaired) electrons. The van der Waals surface area contributed by atoms with Crippen LogP contribution in [0.15, 0.2) is 59.9 Å². The van der Waals surface area contributed by atoms with Crippen LogP contribution < -0.4 is 10.9 Å². The molecule has 7 heteroatoms. The lowest BCUT2D eigenvalue weighted by molar-refractivity contribution is 0.0933. The lowest BCUT2D eigenvalue weighted by Gasteiger charge is -2.14. The van der Waals surface area contributed by atoms with Gasteiger partial charge in [0.25, 0.3) is 11.5 Å². The van der Waals surface area contributed by atoms with Crippen LogP contribution in [0.5, 0.6) is 0 Å². The molecular weight excluding hydrogens is 294 g/mol. The molecule has 0 spiro atoms. The second-order valence-electron chi connectivity index (χ2n) is 5.06. The standard InChI is InChI=1S/C16H15N5O2/c1-11(18-16(23)14-6-7-15(22)20-19-14)12-2-4-13(5-3-12)21-9-8-17-10-21/h2-11H,1H3,(H,18,23)(H,20,22)/t11-/m0/s1. The quantitative estimate of drug-likeness (QED) is 0.763. The smallest absolute Gasteiger partial charge is 0.272 e. The van der Waals surface area contributed by atoms with E-state index < -0.39 is 0 Å². The summed E-state index contributed by atoms with van der Waals surface area (Å²) in [6.45, 7) is 1.88. The van der Waals surface area contributed by atoms with Gasteiger partial charge in [0.05, 0.1) is 12.4 Å². The molecule has 0 unspecified atom stereocenters. The van der Waals surface area contributed by atoms with E-state index in [2.05, 4.69) is 20.5 Å². The number of rotatable bonds is 4. The molecule has 23 heavy (non-hydrogen) atoms. The lowest BCUT2D eigenvalue weighted by atomic mass is 10.1. The first-order chi connectivity index (χ1) is 11.1. The van der Waals surface area contributed by atoms with Crippen LogP contribution in [0, 0.1) is 0 Å². The summed E-state index contributed by atoms with van der Waals surface area (Å²) in [6, 6.07) is 10.3. The van der Waals surface area contributed by atoms with Crippen molar-refractivity contribution in [2.45, 2.75) is 13.0 Å². The highest BCUT2D eigenvalue weighted by atomic mass is 16.2. The third-order valence-corrected chi connectivity index (χ3v) is 3.45. The molecule has 2 heterocycles. The van der Waals surface area contributed by atoms with Crippen molar-refractivity contribution in [1.29, 1.82) is 0 Å². The van der Waals surface area contributed by atoms with E-state index in [0.717, 1.165) is 11.3 Å². The summed E-state index contributed by atoms with van der Waals surface area (Å²) in [6.07, 6.45) is 5.30. The van der Waals surface area contributed by atoms with Gasteiger partial charge in [-0.3, -0.25) is 9.59 Å². The summed E-state index contributed by atoms with van der Waals surface area (Å²) in [5.41, 5.74) is 1.79. The fraction of sp³-hybridized carbons (Fsp3) is 0.125. The zero-order valence-corrected chi connectivity index (χ0v) is 12.4. The van der Waals surface area contributed by atoms with E-state index >= 15 is 0 Å². The average molecular weight is 309 g/mol. The number of imidazole rings is 1. The van der Waals surface area contributed by atoms with Crippen molar-refractivity contribution in [3.63, 3.8) is 0 Å². The van der Waals surface area contributed by atoms with Crippen LogP contribution >= 0.6 is 0 Å². The number of hydrogen-bond donors (Lipinski definition) is 2. The Bertz CT molecular complexity index is 832. The molecule has 2 N–H and O–H groups in total. The van der Waals surface area contributed by atoms with Gasteiger partial charge >= 0.3 is 0 Å². The SMILES string of the molecule is C[C@H](NC(=O)c1ccc(=O)[nH]n1)c1ccc(-n2ccnc2)cc1. The number of carbonyl (C=O) groups is 1. The Morgan fingerprint density at radius 3 is 2.61 bits per heavy atom. The van der Waals surface area contributed by atoms with E-state index in [4.69, 9.17) is 0 Å². The van der Waals surface area contributed by atoms with Crippen molar-refractivity contribution >= 4 is 5.91 Å². The summed E-state index contributed by atoms with van der Waals surface area (Å²) in [5.74, 6) is -0.340. The number of nitrogens with one attached hydrogen (secondary N) is 2. The molecule has 3 aromatic rings. The zero-order valence-electron chi connectivity index (χ0n) is 12.4. The van der Waals surface area contributed by atoms with Crippen LogP contribution in [0.25, 0.3) is 5.69 Å². The highest BCUT2D eigenvalue weighted by Gasteiger charge is 2.12. The van der Waals surface area contributed by atoms with Gasteiger partial charge in [0.1, 0.15) is 5.69 Å². The summed E-state index contributed by atoms with van der Waals surface area (Å²) in [4.78, 5) is 27.1. The van der Waals surface area contributed by atoms with Gasteiger partial charge in [0.15, 0.2) is 0 Å². The van der Waals surface area contributed by atoms with Crippen molar-refractivity contribution in [1.82, 2.24) is 25.1 Å². The first-order valence-electron chi connectivity index (χ1n) is 7.08. The van der Waals surface area contributed by atoms with Gasteiger partial charge in [-0.25, -0.2) is 10.1 Å². The van der Waals surface area contributed by atoms with Gasteiger partial charge in [-0.1, -0.05) is 12.1 Å². The number of aromatic amines is 1. The highest BCUT2D eigenvalue weighted by molar-refractivity contribution is 5.92. The Morgan fingerprint density at radius 2 is 2.00 bits per heavy atom. The van der Waals surface area contributed by atoms with Gasteiger partial charge in [-0.15, -0.1) is 0 Å². The van der Waals surface area contributed by atoms with E-state index in [0.29, 0.717) is 0 Å². The molecule has 0 aliphatic carbocycles. The fourth-order valence-corrected chi connectivity index (χ4v) is 2.17. The molecule has 3 rings (SSSR count). The molecule has 2 aromatic heterocycles. The van der Waals surface area contributed by atoms with E-state index in [-0.39, 0.29) is 23.2 Å². The van der Waals surface area contributed by atoms with Crippen molar-refractivity contribution < 1.29 is 4.79 Å². The number of carbonyl (C=O) groups excluding carboxylic acids is 1. The van der Waals surface area contributed by atoms with Gasteiger partial charge in [-0.05, 0) is 30.7 Å². The number of aromatic nitrogens is 4. The van der Waals surface area contributed by atoms with Gasteiger partial charge < -0.3 is 9.88 Å². The van der Waals surface area contributed by atoms with E-state index in [1.807, 2.05) is 42.0 Å². The highest BCUT2D eigenvalue weighted by Crippen LogP contribution is 2.16. The van der Waals surface area contributed by atoms with E-state index in [1.165, 1.54) is 12.1 Å². The molecular formula is C16H15N5O2. The third kappa shape index (κ3) is 3.34. The lowest BCUT2D eigenvalue weighted by Crippen LogP contribution is -2.28. The maximum absolute atomic E-state index is 12.1. The Kier molecular flexibility index (Phi) is 4.01. The fourth-order valence-electron chi connectivity index (χ4n) is 2.17. The van der Waals surface area contributed by atoms with Crippen LogP contribution in [-0.4, -0.2) is 25.7 Å². The molecule has 1 atom stereocenters. The van der Waals surface area contributed by atoms with Gasteiger partial charge in [0.2, 0.25) is 0 Å². The molecule has 7 nitrogen and oxygen atoms in total. The number of nitrogens with zero attached hydrogens (tertiary/aromatic N) is 3. The molecule has 0 saturated carbocycles. The van der Waals surface area contributed by atoms with Crippen LogP contribution in [0.3, 0.4) is 0 Å². The Morgan fingerprint density at radius 1 is 1.22 bits per heavy atom. The molecule has 0 aliphatic rings. The van der Waals surface area contributed by atoms with Crippen LogP contribution in [-0.2, 0) is 0 Å². The maximum Gasteiger partial charge on any atom is 0.272 e. The Hall–Kier alpha value is -3.22. The minimum absolute atomic E-state index is 0.173. The summed E-state index contributed by atoms with van der Waals surface area (Å²) in [7, 11) is 0. The zero-order chi connectivity index (χ0) is 16.2. The van der Waals surface area contributed by atoms with Crippen molar-refractivity contribution in [2.75, 3.05) is 0 Å². The minimum Gasteiger partial charge on any atom is -0.344 e. The molecule has 0 fully saturated rings. The monoisotopic (exact) mass is 309 g/mol. The predicted octanol–water partition coefficient (Wildman–Crippen LogP) is 1.45. The minimum atomic E-state index is -0.343. The molecule has 0 aliphatic heterocycles. The average Bonchev–Trinajstić information content (AvgIpc) is 3.10. The Labute approximate surface area is 132 Å². The van der Waals surface area contributed by atoms with Crippen molar-refractivity contribution in [2.24, 2.45) is 0 Å². The molecule has 0 bridgehead atoms. The Balaban J connectivity index is 1.70. The molecule has 1 amide bonds. The largest absolute Gasteiger partial charge is 0.344 e. The van der Waals surface area contributed by atoms with E-state index in [9.17, 15) is 9.59 Å². The van der Waals surface area contributed by atoms with Crippen molar-refractivity contribution in [3.8, 4) is 5.69 Å². The second-order valence-corrected chi connectivity index (χ2v) is 5.06. The summed E-state index contributed by atoms with van der Waals surface area (Å²) >= 11 is 0. The third-order valence-electron chi connectivity index (χ3n) is 3.45. The second kappa shape index (κ2) is 6.27. The number of hydrogen-bond acceptors (Lipinski definition) is 4. The van der Waals surface area contributed by atoms with Gasteiger partial charge in [-0.2, -0.15) is 5.10 Å². The maximum atomic E-state index is 12.1. The molecule has 116 valence electrons. The first kappa shape index (κ1) is 14.7. The van der Waals surface area contributed by atoms with Crippen LogP contribution in [0.1, 0.15) is 29.0 Å². The molecule has 0 saturated heterocycles. The van der Waals surface area contributed by atoms with Crippen molar-refractivity contribution in [3.05, 3.63) is 76.7 Å². The number of benzene rings is 1. The van der Waals surface area contributed by atoms with Crippen LogP contribution in [0.2, 0.25) is 0 Å². The number of amides is 1. The molecule has 1 aromatic carbocycles. The summed E-state index contributed by atoms with van der Waals surface area (Å²) in [5, 5.41) is 8.80. The first-order valence-corrected chi connectivity index (χ1v) is 7.08. The van der Waals surface area contributed by atoms with Crippen LogP contribution in [0.4, 0.5) is 0 Å².